The summed E-state index contributed by atoms with van der Waals surface area (Å²) in [5, 5.41) is 2.82. The summed E-state index contributed by atoms with van der Waals surface area (Å²) >= 11 is 4.38. The van der Waals surface area contributed by atoms with E-state index < -0.39 is 0 Å². The Labute approximate surface area is 164 Å². The summed E-state index contributed by atoms with van der Waals surface area (Å²) in [5.74, 6) is 0.476. The van der Waals surface area contributed by atoms with Crippen LogP contribution in [0.4, 0.5) is 10.5 Å². The van der Waals surface area contributed by atoms with Crippen LogP contribution in [0.1, 0.15) is 12.5 Å². The SMILES string of the molecule is CCOc1ccc(/C=C2\SC(=O)N(CNc3ccccc3Br)C2=O)cc1. The maximum atomic E-state index is 12.5. The minimum Gasteiger partial charge on any atom is -0.494 e. The molecule has 2 aromatic rings. The fourth-order valence-electron chi connectivity index (χ4n) is 2.38. The maximum absolute atomic E-state index is 12.5. The van der Waals surface area contributed by atoms with Crippen molar-refractivity contribution in [3.05, 3.63) is 63.5 Å². The molecule has 2 aromatic carbocycles. The van der Waals surface area contributed by atoms with Crippen LogP contribution in [0.15, 0.2) is 57.9 Å². The van der Waals surface area contributed by atoms with E-state index in [2.05, 4.69) is 21.2 Å². The van der Waals surface area contributed by atoms with Crippen molar-refractivity contribution in [3.63, 3.8) is 0 Å². The average Bonchev–Trinajstić information content (AvgIpc) is 2.90. The Morgan fingerprint density at radius 3 is 2.58 bits per heavy atom. The number of rotatable bonds is 6. The van der Waals surface area contributed by atoms with E-state index in [9.17, 15) is 9.59 Å². The van der Waals surface area contributed by atoms with Gasteiger partial charge in [-0.1, -0.05) is 24.3 Å². The average molecular weight is 433 g/mol. The fraction of sp³-hybridized carbons (Fsp3) is 0.158. The van der Waals surface area contributed by atoms with Crippen LogP contribution in [0.25, 0.3) is 6.08 Å². The van der Waals surface area contributed by atoms with Gasteiger partial charge in [-0.2, -0.15) is 0 Å². The van der Waals surface area contributed by atoms with Gasteiger partial charge < -0.3 is 10.1 Å². The molecule has 0 atom stereocenters. The monoisotopic (exact) mass is 432 g/mol. The molecule has 26 heavy (non-hydrogen) atoms. The zero-order valence-electron chi connectivity index (χ0n) is 14.1. The zero-order chi connectivity index (χ0) is 18.5. The van der Waals surface area contributed by atoms with Crippen molar-refractivity contribution in [2.45, 2.75) is 6.92 Å². The topological polar surface area (TPSA) is 58.6 Å². The van der Waals surface area contributed by atoms with Crippen LogP contribution in [0.2, 0.25) is 0 Å². The number of amides is 2. The Morgan fingerprint density at radius 2 is 1.88 bits per heavy atom. The van der Waals surface area contributed by atoms with Crippen molar-refractivity contribution in [2.24, 2.45) is 0 Å². The van der Waals surface area contributed by atoms with Crippen LogP contribution in [0.3, 0.4) is 0 Å². The standard InChI is InChI=1S/C19H17BrN2O3S/c1-2-25-14-9-7-13(8-10-14)11-17-18(23)22(19(24)26-17)12-21-16-6-4-3-5-15(16)20/h3-11,21H,2,12H2,1H3/b17-11-. The summed E-state index contributed by atoms with van der Waals surface area (Å²) in [6, 6.07) is 14.9. The molecule has 1 saturated heterocycles. The number of hydrogen-bond donors (Lipinski definition) is 1. The molecule has 7 heteroatoms. The van der Waals surface area contributed by atoms with Crippen LogP contribution >= 0.6 is 27.7 Å². The summed E-state index contributed by atoms with van der Waals surface area (Å²) in [4.78, 5) is 26.3. The lowest BCUT2D eigenvalue weighted by Gasteiger charge is -2.15. The van der Waals surface area contributed by atoms with Crippen molar-refractivity contribution in [2.75, 3.05) is 18.6 Å². The van der Waals surface area contributed by atoms with E-state index in [1.165, 1.54) is 4.90 Å². The third-order valence-electron chi connectivity index (χ3n) is 3.66. The third-order valence-corrected chi connectivity index (χ3v) is 5.26. The van der Waals surface area contributed by atoms with E-state index in [4.69, 9.17) is 4.74 Å². The Balaban J connectivity index is 1.69. The van der Waals surface area contributed by atoms with Gasteiger partial charge in [0.1, 0.15) is 5.75 Å². The molecule has 1 heterocycles. The van der Waals surface area contributed by atoms with E-state index >= 15 is 0 Å². The van der Waals surface area contributed by atoms with Crippen molar-refractivity contribution in [1.82, 2.24) is 4.90 Å². The van der Waals surface area contributed by atoms with Gasteiger partial charge in [0, 0.05) is 10.2 Å². The molecule has 1 aliphatic rings. The molecule has 0 radical (unpaired) electrons. The second-order valence-electron chi connectivity index (χ2n) is 5.43. The van der Waals surface area contributed by atoms with E-state index in [-0.39, 0.29) is 17.8 Å². The predicted octanol–water partition coefficient (Wildman–Crippen LogP) is 4.95. The lowest BCUT2D eigenvalue weighted by atomic mass is 10.2. The van der Waals surface area contributed by atoms with Crippen LogP contribution in [-0.4, -0.2) is 29.3 Å². The molecule has 2 amide bonds. The number of carbonyl (C=O) groups excluding carboxylic acids is 2. The van der Waals surface area contributed by atoms with E-state index in [1.54, 1.807) is 6.08 Å². The number of ether oxygens (including phenoxy) is 1. The van der Waals surface area contributed by atoms with Crippen molar-refractivity contribution >= 4 is 50.6 Å². The molecule has 3 rings (SSSR count). The van der Waals surface area contributed by atoms with Gasteiger partial charge >= 0.3 is 0 Å². The number of imide groups is 1. The Morgan fingerprint density at radius 1 is 1.15 bits per heavy atom. The van der Waals surface area contributed by atoms with Gasteiger partial charge in [-0.3, -0.25) is 14.5 Å². The van der Waals surface area contributed by atoms with Gasteiger partial charge in [0.15, 0.2) is 0 Å². The first kappa shape index (κ1) is 18.5. The van der Waals surface area contributed by atoms with Gasteiger partial charge in [-0.25, -0.2) is 0 Å². The molecule has 0 unspecified atom stereocenters. The van der Waals surface area contributed by atoms with Crippen molar-refractivity contribution in [3.8, 4) is 5.75 Å². The molecular weight excluding hydrogens is 416 g/mol. The number of carbonyl (C=O) groups is 2. The number of nitrogens with one attached hydrogen (secondary N) is 1. The lowest BCUT2D eigenvalue weighted by Crippen LogP contribution is -2.33. The maximum Gasteiger partial charge on any atom is 0.295 e. The Bertz CT molecular complexity index is 852. The molecular formula is C19H17BrN2O3S. The summed E-state index contributed by atoms with van der Waals surface area (Å²) in [6.45, 7) is 2.64. The van der Waals surface area contributed by atoms with Crippen LogP contribution in [0, 0.1) is 0 Å². The summed E-state index contributed by atoms with van der Waals surface area (Å²) in [6.07, 6.45) is 1.72. The van der Waals surface area contributed by atoms with E-state index in [0.717, 1.165) is 33.2 Å². The largest absolute Gasteiger partial charge is 0.494 e. The minimum atomic E-state index is -0.298. The fourth-order valence-corrected chi connectivity index (χ4v) is 3.65. The quantitative estimate of drug-likeness (QED) is 0.653. The molecule has 0 saturated carbocycles. The van der Waals surface area contributed by atoms with Gasteiger partial charge in [-0.05, 0) is 70.5 Å². The summed E-state index contributed by atoms with van der Waals surface area (Å²) < 4.78 is 6.27. The second kappa shape index (κ2) is 8.42. The highest BCUT2D eigenvalue weighted by Gasteiger charge is 2.34. The number of halogens is 1. The number of nitrogens with zero attached hydrogens (tertiary/aromatic N) is 1. The number of anilines is 1. The van der Waals surface area contributed by atoms with Gasteiger partial charge in [-0.15, -0.1) is 0 Å². The number of thioether (sulfide) groups is 1. The van der Waals surface area contributed by atoms with E-state index in [1.807, 2.05) is 55.5 Å². The first-order valence-corrected chi connectivity index (χ1v) is 9.66. The highest BCUT2D eigenvalue weighted by Crippen LogP contribution is 2.32. The Hall–Kier alpha value is -2.25. The zero-order valence-corrected chi connectivity index (χ0v) is 16.5. The number of hydrogen-bond acceptors (Lipinski definition) is 5. The first-order valence-electron chi connectivity index (χ1n) is 8.05. The predicted molar refractivity (Wildman–Crippen MR) is 108 cm³/mol. The molecule has 1 fully saturated rings. The van der Waals surface area contributed by atoms with Gasteiger partial charge in [0.2, 0.25) is 0 Å². The molecule has 1 N–H and O–H groups in total. The highest BCUT2D eigenvalue weighted by molar-refractivity contribution is 9.10. The number of para-hydroxylation sites is 1. The lowest BCUT2D eigenvalue weighted by molar-refractivity contribution is -0.122. The van der Waals surface area contributed by atoms with Crippen LogP contribution in [-0.2, 0) is 4.79 Å². The summed E-state index contributed by atoms with van der Waals surface area (Å²) in [5.41, 5.74) is 1.67. The molecule has 0 spiro atoms. The second-order valence-corrected chi connectivity index (χ2v) is 7.27. The van der Waals surface area contributed by atoms with Crippen LogP contribution < -0.4 is 10.1 Å². The highest BCUT2D eigenvalue weighted by atomic mass is 79.9. The van der Waals surface area contributed by atoms with Crippen molar-refractivity contribution in [1.29, 1.82) is 0 Å². The number of benzene rings is 2. The smallest absolute Gasteiger partial charge is 0.295 e. The van der Waals surface area contributed by atoms with E-state index in [0.29, 0.717) is 11.5 Å². The first-order chi connectivity index (χ1) is 12.6. The van der Waals surface area contributed by atoms with Gasteiger partial charge in [0.05, 0.1) is 18.2 Å². The molecule has 5 nitrogen and oxygen atoms in total. The van der Waals surface area contributed by atoms with Crippen molar-refractivity contribution < 1.29 is 14.3 Å². The summed E-state index contributed by atoms with van der Waals surface area (Å²) in [7, 11) is 0. The minimum absolute atomic E-state index is 0.119. The van der Waals surface area contributed by atoms with Gasteiger partial charge in [0.25, 0.3) is 11.1 Å². The van der Waals surface area contributed by atoms with Crippen LogP contribution in [0.5, 0.6) is 5.75 Å². The molecule has 0 aromatic heterocycles. The normalized spacial score (nSPS) is 15.6. The molecule has 0 aliphatic carbocycles. The molecule has 1 aliphatic heterocycles. The molecule has 0 bridgehead atoms. The molecule has 134 valence electrons. The Kier molecular flexibility index (Phi) is 6.00. The third kappa shape index (κ3) is 4.28.